The molecule has 1 heterocycles. The van der Waals surface area contributed by atoms with Crippen LogP contribution in [0.5, 0.6) is 5.75 Å². The minimum atomic E-state index is -5.72. The van der Waals surface area contributed by atoms with E-state index in [4.69, 9.17) is 6.42 Å². The fourth-order valence-electron chi connectivity index (χ4n) is 0.732. The zero-order chi connectivity index (χ0) is 12.4. The predicted octanol–water partition coefficient (Wildman–Crippen LogP) is 1.29. The van der Waals surface area contributed by atoms with Gasteiger partial charge in [-0.2, -0.15) is 21.6 Å². The van der Waals surface area contributed by atoms with E-state index in [0.29, 0.717) is 0 Å². The maximum absolute atomic E-state index is 12.0. The maximum Gasteiger partial charge on any atom is 0.534 e. The zero-order valence-electron chi connectivity index (χ0n) is 7.52. The van der Waals surface area contributed by atoms with E-state index in [9.17, 15) is 21.6 Å². The van der Waals surface area contributed by atoms with Gasteiger partial charge in [-0.3, -0.25) is 0 Å². The molecule has 0 saturated carbocycles. The topological polar surface area (TPSA) is 56.3 Å². The van der Waals surface area contributed by atoms with Crippen LogP contribution in [0.25, 0.3) is 0 Å². The first-order chi connectivity index (χ1) is 7.28. The van der Waals surface area contributed by atoms with Crippen molar-refractivity contribution in [3.8, 4) is 18.1 Å². The van der Waals surface area contributed by atoms with Crippen molar-refractivity contribution >= 4 is 10.1 Å². The summed E-state index contributed by atoms with van der Waals surface area (Å²) < 4.78 is 61.0. The second-order valence-electron chi connectivity index (χ2n) is 2.48. The summed E-state index contributed by atoms with van der Waals surface area (Å²) in [4.78, 5) is 3.47. The standard InChI is InChI=1S/C8H4F3NO3S/c1-2-6-7(4-3-5-12-6)15-16(13,14)8(9,10)11/h1,3-5H. The first-order valence-corrected chi connectivity index (χ1v) is 5.11. The molecule has 1 aromatic rings. The van der Waals surface area contributed by atoms with E-state index in [0.717, 1.165) is 6.07 Å². The van der Waals surface area contributed by atoms with E-state index in [1.54, 1.807) is 0 Å². The second kappa shape index (κ2) is 4.02. The van der Waals surface area contributed by atoms with Crippen LogP contribution in [0, 0.1) is 12.3 Å². The highest BCUT2D eigenvalue weighted by Crippen LogP contribution is 2.27. The maximum atomic E-state index is 12.0. The van der Waals surface area contributed by atoms with Gasteiger partial charge in [0.25, 0.3) is 0 Å². The fraction of sp³-hybridized carbons (Fsp3) is 0.125. The SMILES string of the molecule is C#Cc1ncccc1OS(=O)(=O)C(F)(F)F. The molecule has 0 aliphatic carbocycles. The van der Waals surface area contributed by atoms with Crippen LogP contribution >= 0.6 is 0 Å². The quantitative estimate of drug-likeness (QED) is 0.451. The number of nitrogens with zero attached hydrogens (tertiary/aromatic N) is 1. The van der Waals surface area contributed by atoms with Gasteiger partial charge in [0.15, 0.2) is 11.4 Å². The van der Waals surface area contributed by atoms with E-state index in [1.165, 1.54) is 12.3 Å². The van der Waals surface area contributed by atoms with E-state index >= 15 is 0 Å². The number of halogens is 3. The normalized spacial score (nSPS) is 11.9. The molecule has 0 aromatic carbocycles. The number of alkyl halides is 3. The van der Waals surface area contributed by atoms with Crippen molar-refractivity contribution in [1.29, 1.82) is 0 Å². The van der Waals surface area contributed by atoms with Crippen LogP contribution in [0.4, 0.5) is 13.2 Å². The van der Waals surface area contributed by atoms with Gasteiger partial charge >= 0.3 is 15.6 Å². The van der Waals surface area contributed by atoms with Gasteiger partial charge in [0.2, 0.25) is 0 Å². The Labute approximate surface area is 89.2 Å². The van der Waals surface area contributed by atoms with Crippen LogP contribution in [-0.2, 0) is 10.1 Å². The number of rotatable bonds is 2. The van der Waals surface area contributed by atoms with E-state index < -0.39 is 21.4 Å². The fourth-order valence-corrected chi connectivity index (χ4v) is 1.20. The highest BCUT2D eigenvalue weighted by molar-refractivity contribution is 7.88. The Morgan fingerprint density at radius 1 is 1.44 bits per heavy atom. The molecule has 0 unspecified atom stereocenters. The Bertz CT molecular complexity index is 530. The average Bonchev–Trinajstić information content (AvgIpc) is 2.16. The summed E-state index contributed by atoms with van der Waals surface area (Å²) in [6, 6.07) is 2.17. The summed E-state index contributed by atoms with van der Waals surface area (Å²) in [5, 5.41) is 0. The molecule has 0 fully saturated rings. The molecular formula is C8H4F3NO3S. The Kier molecular flexibility index (Phi) is 3.09. The summed E-state index contributed by atoms with van der Waals surface area (Å²) >= 11 is 0. The predicted molar refractivity (Wildman–Crippen MR) is 47.8 cm³/mol. The Balaban J connectivity index is 3.13. The monoisotopic (exact) mass is 251 g/mol. The molecule has 0 aliphatic rings. The van der Waals surface area contributed by atoms with Gasteiger partial charge < -0.3 is 4.18 Å². The smallest absolute Gasteiger partial charge is 0.373 e. The Morgan fingerprint density at radius 2 is 2.06 bits per heavy atom. The van der Waals surface area contributed by atoms with Gasteiger partial charge in [0, 0.05) is 6.20 Å². The van der Waals surface area contributed by atoms with E-state index in [1.807, 2.05) is 5.92 Å². The lowest BCUT2D eigenvalue weighted by atomic mass is 10.3. The van der Waals surface area contributed by atoms with Crippen LogP contribution in [0.15, 0.2) is 18.3 Å². The molecule has 0 saturated heterocycles. The molecule has 0 radical (unpaired) electrons. The van der Waals surface area contributed by atoms with E-state index in [2.05, 4.69) is 9.17 Å². The third-order valence-electron chi connectivity index (χ3n) is 1.39. The summed E-state index contributed by atoms with van der Waals surface area (Å²) in [7, 11) is -5.72. The molecule has 8 heteroatoms. The third kappa shape index (κ3) is 2.43. The van der Waals surface area contributed by atoms with Crippen molar-refractivity contribution in [3.05, 3.63) is 24.0 Å². The average molecular weight is 251 g/mol. The number of hydrogen-bond acceptors (Lipinski definition) is 4. The van der Waals surface area contributed by atoms with E-state index in [-0.39, 0.29) is 5.69 Å². The van der Waals surface area contributed by atoms with Gasteiger partial charge in [-0.1, -0.05) is 0 Å². The highest BCUT2D eigenvalue weighted by atomic mass is 32.2. The lowest BCUT2D eigenvalue weighted by molar-refractivity contribution is -0.0500. The molecule has 1 aromatic heterocycles. The molecule has 0 amide bonds. The molecule has 16 heavy (non-hydrogen) atoms. The minimum Gasteiger partial charge on any atom is -0.373 e. The van der Waals surface area contributed by atoms with Crippen molar-refractivity contribution in [3.63, 3.8) is 0 Å². The van der Waals surface area contributed by atoms with Crippen molar-refractivity contribution in [1.82, 2.24) is 4.98 Å². The molecule has 1 rings (SSSR count). The summed E-state index contributed by atoms with van der Waals surface area (Å²) in [6.45, 7) is 0. The van der Waals surface area contributed by atoms with Crippen LogP contribution in [0.3, 0.4) is 0 Å². The molecule has 0 spiro atoms. The molecule has 4 nitrogen and oxygen atoms in total. The molecule has 0 atom stereocenters. The second-order valence-corrected chi connectivity index (χ2v) is 4.02. The Morgan fingerprint density at radius 3 is 2.56 bits per heavy atom. The zero-order valence-corrected chi connectivity index (χ0v) is 8.34. The summed E-state index contributed by atoms with van der Waals surface area (Å²) in [6.07, 6.45) is 6.11. The van der Waals surface area contributed by atoms with Gasteiger partial charge in [0.1, 0.15) is 0 Å². The van der Waals surface area contributed by atoms with Gasteiger partial charge in [-0.15, -0.1) is 6.42 Å². The van der Waals surface area contributed by atoms with Crippen LogP contribution in [0.2, 0.25) is 0 Å². The highest BCUT2D eigenvalue weighted by Gasteiger charge is 2.48. The largest absolute Gasteiger partial charge is 0.534 e. The lowest BCUT2D eigenvalue weighted by Crippen LogP contribution is -2.28. The van der Waals surface area contributed by atoms with Gasteiger partial charge in [0.05, 0.1) is 0 Å². The van der Waals surface area contributed by atoms with Crippen LogP contribution in [0.1, 0.15) is 5.69 Å². The third-order valence-corrected chi connectivity index (χ3v) is 2.36. The van der Waals surface area contributed by atoms with Gasteiger partial charge in [-0.05, 0) is 18.1 Å². The van der Waals surface area contributed by atoms with Crippen molar-refractivity contribution < 1.29 is 25.8 Å². The number of pyridine rings is 1. The van der Waals surface area contributed by atoms with Crippen LogP contribution in [-0.4, -0.2) is 18.9 Å². The molecular weight excluding hydrogens is 247 g/mol. The van der Waals surface area contributed by atoms with Crippen molar-refractivity contribution in [2.45, 2.75) is 5.51 Å². The first-order valence-electron chi connectivity index (χ1n) is 3.70. The molecule has 0 N–H and O–H groups in total. The van der Waals surface area contributed by atoms with Gasteiger partial charge in [-0.25, -0.2) is 4.98 Å². The first kappa shape index (κ1) is 12.3. The number of hydrogen-bond donors (Lipinski definition) is 0. The lowest BCUT2D eigenvalue weighted by Gasteiger charge is -2.09. The van der Waals surface area contributed by atoms with Crippen LogP contribution < -0.4 is 4.18 Å². The summed E-state index contributed by atoms with van der Waals surface area (Å²) in [5.41, 5.74) is -5.83. The number of aromatic nitrogens is 1. The van der Waals surface area contributed by atoms with Crippen molar-refractivity contribution in [2.75, 3.05) is 0 Å². The summed E-state index contributed by atoms with van der Waals surface area (Å²) in [5.74, 6) is 1.26. The molecule has 0 bridgehead atoms. The Hall–Kier alpha value is -1.75. The minimum absolute atomic E-state index is 0.324. The molecule has 86 valence electrons. The molecule has 0 aliphatic heterocycles. The number of terminal acetylenes is 1. The van der Waals surface area contributed by atoms with Crippen molar-refractivity contribution in [2.24, 2.45) is 0 Å².